The van der Waals surface area contributed by atoms with E-state index in [2.05, 4.69) is 13.8 Å². The Morgan fingerprint density at radius 1 is 0.640 bits per heavy atom. The van der Waals surface area contributed by atoms with Gasteiger partial charge in [0.2, 0.25) is 0 Å². The van der Waals surface area contributed by atoms with Crippen molar-refractivity contribution < 1.29 is 19.1 Å². The van der Waals surface area contributed by atoms with Gasteiger partial charge in [0, 0.05) is 0 Å². The summed E-state index contributed by atoms with van der Waals surface area (Å²) in [6.45, 7) is 5.46. The van der Waals surface area contributed by atoms with Gasteiger partial charge in [-0.1, -0.05) is 0 Å². The number of carbonyl (C=O) groups excluding carboxylic acids is 2. The van der Waals surface area contributed by atoms with Gasteiger partial charge in [-0.25, -0.2) is 0 Å². The molecular formula is C20H38O4Sn. The third-order valence-corrected chi connectivity index (χ3v) is 8.03. The first-order valence-corrected chi connectivity index (χ1v) is 14.3. The van der Waals surface area contributed by atoms with E-state index in [0.717, 1.165) is 51.4 Å². The molecule has 0 atom stereocenters. The Balaban J connectivity index is 3.18. The van der Waals surface area contributed by atoms with Crippen LogP contribution in [0.1, 0.15) is 90.9 Å². The van der Waals surface area contributed by atoms with Crippen LogP contribution in [0.4, 0.5) is 0 Å². The van der Waals surface area contributed by atoms with Crippen molar-refractivity contribution in [2.75, 3.05) is 13.2 Å². The predicted molar refractivity (Wildman–Crippen MR) is 104 cm³/mol. The second kappa shape index (κ2) is 20.1. The minimum absolute atomic E-state index is 0.0299. The Hall–Kier alpha value is -0.261. The van der Waals surface area contributed by atoms with Gasteiger partial charge < -0.3 is 0 Å². The molecule has 5 heteroatoms. The monoisotopic (exact) mass is 462 g/mol. The second-order valence-corrected chi connectivity index (χ2v) is 10.8. The van der Waals surface area contributed by atoms with Crippen LogP contribution < -0.4 is 0 Å². The molecule has 0 saturated heterocycles. The van der Waals surface area contributed by atoms with Crippen LogP contribution in [-0.4, -0.2) is 46.3 Å². The summed E-state index contributed by atoms with van der Waals surface area (Å²) >= 11 is -0.266. The Kier molecular flexibility index (Phi) is 19.8. The Bertz CT molecular complexity index is 291. The minimum atomic E-state index is -0.266. The molecule has 0 bridgehead atoms. The molecule has 0 amide bonds. The van der Waals surface area contributed by atoms with E-state index in [1.165, 1.54) is 21.7 Å². The zero-order valence-electron chi connectivity index (χ0n) is 16.4. The first kappa shape index (κ1) is 24.7. The zero-order valence-corrected chi connectivity index (χ0v) is 19.3. The van der Waals surface area contributed by atoms with E-state index in [-0.39, 0.29) is 33.1 Å². The summed E-state index contributed by atoms with van der Waals surface area (Å²) in [4.78, 5) is 22.9. The molecule has 0 aromatic carbocycles. The van der Waals surface area contributed by atoms with Crippen LogP contribution in [0.25, 0.3) is 0 Å². The average molecular weight is 461 g/mol. The van der Waals surface area contributed by atoms with Gasteiger partial charge in [0.15, 0.2) is 0 Å². The van der Waals surface area contributed by atoms with Crippen LogP contribution in [0.3, 0.4) is 0 Å². The number of hydrogen-bond donors (Lipinski definition) is 0. The molecule has 4 nitrogen and oxygen atoms in total. The number of esters is 2. The molecular weight excluding hydrogens is 423 g/mol. The fourth-order valence-electron chi connectivity index (χ4n) is 2.38. The zero-order chi connectivity index (χ0) is 18.6. The molecule has 0 heterocycles. The Morgan fingerprint density at radius 2 is 1.08 bits per heavy atom. The third kappa shape index (κ3) is 19.9. The summed E-state index contributed by atoms with van der Waals surface area (Å²) in [7, 11) is 0. The van der Waals surface area contributed by atoms with Gasteiger partial charge in [-0.2, -0.15) is 0 Å². The maximum absolute atomic E-state index is 11.4. The molecule has 25 heavy (non-hydrogen) atoms. The molecule has 0 rings (SSSR count). The molecule has 0 aromatic rings. The maximum atomic E-state index is 11.4. The summed E-state index contributed by atoms with van der Waals surface area (Å²) in [5, 5.41) is 0. The van der Waals surface area contributed by atoms with E-state index in [9.17, 15) is 9.59 Å². The van der Waals surface area contributed by atoms with Crippen molar-refractivity contribution in [2.24, 2.45) is 0 Å². The van der Waals surface area contributed by atoms with Crippen LogP contribution in [0.5, 0.6) is 0 Å². The van der Waals surface area contributed by atoms with E-state index >= 15 is 0 Å². The van der Waals surface area contributed by atoms with Gasteiger partial charge in [0.25, 0.3) is 0 Å². The normalized spacial score (nSPS) is 10.6. The van der Waals surface area contributed by atoms with Gasteiger partial charge in [0.1, 0.15) is 0 Å². The van der Waals surface area contributed by atoms with E-state index < -0.39 is 0 Å². The van der Waals surface area contributed by atoms with Crippen LogP contribution in [-0.2, 0) is 19.1 Å². The van der Waals surface area contributed by atoms with Crippen molar-refractivity contribution in [1.82, 2.24) is 0 Å². The molecule has 0 unspecified atom stereocenters. The first-order chi connectivity index (χ1) is 12.2. The summed E-state index contributed by atoms with van der Waals surface area (Å²) in [5.41, 5.74) is 0. The summed E-state index contributed by atoms with van der Waals surface area (Å²) in [6, 6.07) is 0. The molecule has 0 aromatic heterocycles. The standard InChI is InChI=1S/2C10H19O2.Sn/c2*1-3-5-7-8-10(11)12-9-6-4-2;/h2*2-9H2,1H3;. The van der Waals surface area contributed by atoms with E-state index in [1.807, 2.05) is 0 Å². The average Bonchev–Trinajstić information content (AvgIpc) is 2.60. The molecule has 146 valence electrons. The topological polar surface area (TPSA) is 52.6 Å². The van der Waals surface area contributed by atoms with Crippen LogP contribution in [0, 0.1) is 0 Å². The summed E-state index contributed by atoms with van der Waals surface area (Å²) in [5.74, 6) is -0.0599. The molecule has 0 fully saturated rings. The second-order valence-electron chi connectivity index (χ2n) is 6.52. The Morgan fingerprint density at radius 3 is 1.48 bits per heavy atom. The van der Waals surface area contributed by atoms with E-state index in [0.29, 0.717) is 26.1 Å². The van der Waals surface area contributed by atoms with Gasteiger partial charge in [-0.15, -0.1) is 0 Å². The SMILES string of the molecule is CCCCCC(=O)OCCC[CH2][Sn][CH2]CCCOC(=O)CCCCC. The molecule has 0 aliphatic heterocycles. The Labute approximate surface area is 165 Å². The number of unbranched alkanes of at least 4 members (excludes halogenated alkanes) is 6. The molecule has 0 N–H and O–H groups in total. The quantitative estimate of drug-likeness (QED) is 0.157. The van der Waals surface area contributed by atoms with Gasteiger partial charge >= 0.3 is 165 Å². The van der Waals surface area contributed by atoms with Gasteiger partial charge in [-0.3, -0.25) is 0 Å². The fraction of sp³-hybridized carbons (Fsp3) is 0.900. The van der Waals surface area contributed by atoms with Gasteiger partial charge in [-0.05, 0) is 0 Å². The van der Waals surface area contributed by atoms with Crippen molar-refractivity contribution in [1.29, 1.82) is 0 Å². The molecule has 0 saturated carbocycles. The van der Waals surface area contributed by atoms with E-state index in [4.69, 9.17) is 9.47 Å². The van der Waals surface area contributed by atoms with Crippen LogP contribution in [0.2, 0.25) is 8.87 Å². The summed E-state index contributed by atoms with van der Waals surface area (Å²) < 4.78 is 13.2. The van der Waals surface area contributed by atoms with Crippen LogP contribution >= 0.6 is 0 Å². The third-order valence-electron chi connectivity index (χ3n) is 3.99. The first-order valence-electron chi connectivity index (χ1n) is 10.2. The number of hydrogen-bond acceptors (Lipinski definition) is 4. The van der Waals surface area contributed by atoms with Crippen molar-refractivity contribution in [2.45, 2.75) is 99.8 Å². The van der Waals surface area contributed by atoms with Crippen molar-refractivity contribution in [3.05, 3.63) is 0 Å². The number of carbonyl (C=O) groups is 2. The molecule has 0 spiro atoms. The van der Waals surface area contributed by atoms with Gasteiger partial charge in [0.05, 0.1) is 0 Å². The molecule has 0 aliphatic carbocycles. The van der Waals surface area contributed by atoms with E-state index in [1.54, 1.807) is 0 Å². The predicted octanol–water partition coefficient (Wildman–Crippen LogP) is 5.33. The summed E-state index contributed by atoms with van der Waals surface area (Å²) in [6.07, 6.45) is 12.0. The molecule has 0 aliphatic rings. The van der Waals surface area contributed by atoms with Crippen molar-refractivity contribution >= 4 is 33.1 Å². The van der Waals surface area contributed by atoms with Crippen molar-refractivity contribution in [3.8, 4) is 0 Å². The fourth-order valence-corrected chi connectivity index (χ4v) is 5.95. The number of rotatable bonds is 18. The molecule has 2 radical (unpaired) electrons. The van der Waals surface area contributed by atoms with Crippen molar-refractivity contribution in [3.63, 3.8) is 0 Å². The number of ether oxygens (including phenoxy) is 2. The van der Waals surface area contributed by atoms with Crippen LogP contribution in [0.15, 0.2) is 0 Å².